The Hall–Kier alpha value is -3.02. The molecule has 0 aliphatic rings. The number of amides is 3. The number of benzene rings is 1. The first kappa shape index (κ1) is 18.3. The van der Waals surface area contributed by atoms with E-state index in [0.717, 1.165) is 17.1 Å². The second-order valence-corrected chi connectivity index (χ2v) is 5.78. The van der Waals surface area contributed by atoms with Crippen LogP contribution in [0.2, 0.25) is 0 Å². The SMILES string of the molecule is C=CCNC(=O)Nc1ccc(NC(=O)[C@@H](C)c2cc(C)oc2C)cc1. The summed E-state index contributed by atoms with van der Waals surface area (Å²) in [6.07, 6.45) is 1.60. The largest absolute Gasteiger partial charge is 0.466 e. The van der Waals surface area contributed by atoms with E-state index in [1.165, 1.54) is 0 Å². The van der Waals surface area contributed by atoms with Crippen LogP contribution in [0, 0.1) is 13.8 Å². The zero-order chi connectivity index (χ0) is 18.4. The number of carbonyl (C=O) groups is 2. The average molecular weight is 341 g/mol. The van der Waals surface area contributed by atoms with Crippen molar-refractivity contribution in [2.45, 2.75) is 26.7 Å². The summed E-state index contributed by atoms with van der Waals surface area (Å²) >= 11 is 0. The van der Waals surface area contributed by atoms with Crippen LogP contribution in [0.15, 0.2) is 47.4 Å². The molecular formula is C19H23N3O3. The Labute approximate surface area is 147 Å². The van der Waals surface area contributed by atoms with Crippen molar-refractivity contribution in [1.82, 2.24) is 5.32 Å². The molecular weight excluding hydrogens is 318 g/mol. The molecule has 2 aromatic rings. The topological polar surface area (TPSA) is 83.4 Å². The third kappa shape index (κ3) is 4.97. The second kappa shape index (κ2) is 8.19. The highest BCUT2D eigenvalue weighted by Crippen LogP contribution is 2.24. The minimum absolute atomic E-state index is 0.117. The van der Waals surface area contributed by atoms with Gasteiger partial charge >= 0.3 is 6.03 Å². The molecule has 6 heteroatoms. The van der Waals surface area contributed by atoms with Gasteiger partial charge < -0.3 is 20.4 Å². The van der Waals surface area contributed by atoms with Crippen molar-refractivity contribution in [3.8, 4) is 0 Å². The second-order valence-electron chi connectivity index (χ2n) is 5.78. The molecule has 1 heterocycles. The van der Waals surface area contributed by atoms with Crippen molar-refractivity contribution in [3.05, 3.63) is 60.1 Å². The Balaban J connectivity index is 1.96. The number of rotatable bonds is 6. The van der Waals surface area contributed by atoms with Crippen LogP contribution >= 0.6 is 0 Å². The quantitative estimate of drug-likeness (QED) is 0.696. The minimum atomic E-state index is -0.320. The summed E-state index contributed by atoms with van der Waals surface area (Å²) in [4.78, 5) is 24.0. The van der Waals surface area contributed by atoms with Gasteiger partial charge in [0.15, 0.2) is 0 Å². The van der Waals surface area contributed by atoms with E-state index in [9.17, 15) is 9.59 Å². The summed E-state index contributed by atoms with van der Waals surface area (Å²) in [5.41, 5.74) is 2.17. The number of furan rings is 1. The third-order valence-electron chi connectivity index (χ3n) is 3.76. The van der Waals surface area contributed by atoms with Crippen LogP contribution in [-0.4, -0.2) is 18.5 Å². The lowest BCUT2D eigenvalue weighted by molar-refractivity contribution is -0.117. The molecule has 1 aromatic heterocycles. The maximum atomic E-state index is 12.4. The molecule has 3 amide bonds. The minimum Gasteiger partial charge on any atom is -0.466 e. The molecule has 0 spiro atoms. The maximum absolute atomic E-state index is 12.4. The summed E-state index contributed by atoms with van der Waals surface area (Å²) in [5.74, 6) is 1.11. The number of anilines is 2. The van der Waals surface area contributed by atoms with Crippen molar-refractivity contribution in [2.75, 3.05) is 17.2 Å². The van der Waals surface area contributed by atoms with E-state index in [1.54, 1.807) is 30.3 Å². The Morgan fingerprint density at radius 1 is 1.16 bits per heavy atom. The fourth-order valence-electron chi connectivity index (χ4n) is 2.45. The summed E-state index contributed by atoms with van der Waals surface area (Å²) in [5, 5.41) is 8.18. The lowest BCUT2D eigenvalue weighted by Gasteiger charge is -2.12. The van der Waals surface area contributed by atoms with Crippen molar-refractivity contribution >= 4 is 23.3 Å². The first-order valence-corrected chi connectivity index (χ1v) is 8.04. The van der Waals surface area contributed by atoms with Gasteiger partial charge in [0.05, 0.1) is 5.92 Å². The summed E-state index contributed by atoms with van der Waals surface area (Å²) in [7, 11) is 0. The fourth-order valence-corrected chi connectivity index (χ4v) is 2.45. The summed E-state index contributed by atoms with van der Waals surface area (Å²) in [6.45, 7) is 9.48. The third-order valence-corrected chi connectivity index (χ3v) is 3.76. The van der Waals surface area contributed by atoms with Crippen LogP contribution in [0.4, 0.5) is 16.2 Å². The molecule has 1 aromatic carbocycles. The standard InChI is InChI=1S/C19H23N3O3/c1-5-10-20-19(24)22-16-8-6-15(7-9-16)21-18(23)13(3)17-11-12(2)25-14(17)4/h5-9,11,13H,1,10H2,2-4H3,(H,21,23)(H2,20,22,24)/t13-/m0/s1. The summed E-state index contributed by atoms with van der Waals surface area (Å²) in [6, 6.07) is 8.50. The Morgan fingerprint density at radius 2 is 1.76 bits per heavy atom. The average Bonchev–Trinajstić information content (AvgIpc) is 2.92. The highest BCUT2D eigenvalue weighted by Gasteiger charge is 2.20. The lowest BCUT2D eigenvalue weighted by atomic mass is 10.0. The van der Waals surface area contributed by atoms with E-state index in [1.807, 2.05) is 26.8 Å². The first-order chi connectivity index (χ1) is 11.9. The van der Waals surface area contributed by atoms with Crippen LogP contribution in [-0.2, 0) is 4.79 Å². The molecule has 1 atom stereocenters. The predicted molar refractivity (Wildman–Crippen MR) is 98.9 cm³/mol. The number of nitrogens with one attached hydrogen (secondary N) is 3. The number of urea groups is 1. The molecule has 3 N–H and O–H groups in total. The van der Waals surface area contributed by atoms with Gasteiger partial charge in [-0.3, -0.25) is 4.79 Å². The zero-order valence-electron chi connectivity index (χ0n) is 14.7. The van der Waals surface area contributed by atoms with Crippen LogP contribution in [0.5, 0.6) is 0 Å². The smallest absolute Gasteiger partial charge is 0.319 e. The molecule has 132 valence electrons. The molecule has 0 saturated carbocycles. The normalized spacial score (nSPS) is 11.5. The molecule has 0 radical (unpaired) electrons. The van der Waals surface area contributed by atoms with Crippen molar-refractivity contribution in [2.24, 2.45) is 0 Å². The number of carbonyl (C=O) groups excluding carboxylic acids is 2. The number of aryl methyl sites for hydroxylation is 2. The Morgan fingerprint density at radius 3 is 2.28 bits per heavy atom. The predicted octanol–water partition coefficient (Wildman–Crippen LogP) is 3.95. The highest BCUT2D eigenvalue weighted by molar-refractivity contribution is 5.96. The Bertz CT molecular complexity index is 763. The van der Waals surface area contributed by atoms with E-state index >= 15 is 0 Å². The molecule has 0 unspecified atom stereocenters. The van der Waals surface area contributed by atoms with Crippen molar-refractivity contribution < 1.29 is 14.0 Å². The molecule has 0 aliphatic heterocycles. The van der Waals surface area contributed by atoms with Crippen molar-refractivity contribution in [1.29, 1.82) is 0 Å². The van der Waals surface area contributed by atoms with Crippen LogP contribution in [0.3, 0.4) is 0 Å². The van der Waals surface area contributed by atoms with Gasteiger partial charge in [-0.05, 0) is 51.1 Å². The molecule has 2 rings (SSSR count). The molecule has 0 aliphatic carbocycles. The van der Waals surface area contributed by atoms with E-state index < -0.39 is 0 Å². The lowest BCUT2D eigenvalue weighted by Crippen LogP contribution is -2.28. The van der Waals surface area contributed by atoms with Gasteiger partial charge in [-0.25, -0.2) is 4.79 Å². The van der Waals surface area contributed by atoms with Gasteiger partial charge in [0.2, 0.25) is 5.91 Å². The van der Waals surface area contributed by atoms with Gasteiger partial charge in [0.25, 0.3) is 0 Å². The van der Waals surface area contributed by atoms with Gasteiger partial charge in [-0.15, -0.1) is 6.58 Å². The summed E-state index contributed by atoms with van der Waals surface area (Å²) < 4.78 is 5.48. The Kier molecular flexibility index (Phi) is 6.00. The number of hydrogen-bond donors (Lipinski definition) is 3. The molecule has 0 fully saturated rings. The van der Waals surface area contributed by atoms with Gasteiger partial charge in [-0.1, -0.05) is 6.08 Å². The van der Waals surface area contributed by atoms with Crippen LogP contribution in [0.25, 0.3) is 0 Å². The van der Waals surface area contributed by atoms with Crippen LogP contribution < -0.4 is 16.0 Å². The highest BCUT2D eigenvalue weighted by atomic mass is 16.3. The van der Waals surface area contributed by atoms with Crippen molar-refractivity contribution in [3.63, 3.8) is 0 Å². The number of hydrogen-bond acceptors (Lipinski definition) is 3. The van der Waals surface area contributed by atoms with Gasteiger partial charge in [-0.2, -0.15) is 0 Å². The molecule has 0 bridgehead atoms. The van der Waals surface area contributed by atoms with Gasteiger partial charge in [0.1, 0.15) is 11.5 Å². The fraction of sp³-hybridized carbons (Fsp3) is 0.263. The van der Waals surface area contributed by atoms with Gasteiger partial charge in [0, 0.05) is 23.5 Å². The molecule has 0 saturated heterocycles. The van der Waals surface area contributed by atoms with Crippen LogP contribution in [0.1, 0.15) is 29.9 Å². The first-order valence-electron chi connectivity index (χ1n) is 8.04. The van der Waals surface area contributed by atoms with E-state index in [0.29, 0.717) is 17.9 Å². The van der Waals surface area contributed by atoms with E-state index in [4.69, 9.17) is 4.42 Å². The molecule has 25 heavy (non-hydrogen) atoms. The molecule has 6 nitrogen and oxygen atoms in total. The van der Waals surface area contributed by atoms with E-state index in [2.05, 4.69) is 22.5 Å². The maximum Gasteiger partial charge on any atom is 0.319 e. The zero-order valence-corrected chi connectivity index (χ0v) is 14.7. The van der Waals surface area contributed by atoms with E-state index in [-0.39, 0.29) is 17.9 Å². The monoisotopic (exact) mass is 341 g/mol.